The van der Waals surface area contributed by atoms with Crippen LogP contribution in [0.2, 0.25) is 0 Å². The quantitative estimate of drug-likeness (QED) is 0.614. The van der Waals surface area contributed by atoms with Gasteiger partial charge in [-0.3, -0.25) is 14.9 Å². The summed E-state index contributed by atoms with van der Waals surface area (Å²) in [5.41, 5.74) is -0.276. The Kier molecular flexibility index (Phi) is 3.38. The molecule has 0 atom stereocenters. The van der Waals surface area contributed by atoms with E-state index in [1.165, 1.54) is 17.6 Å². The molecule has 1 aliphatic carbocycles. The molecule has 0 spiro atoms. The molecule has 1 saturated carbocycles. The molecule has 1 aliphatic rings. The number of halogens is 2. The van der Waals surface area contributed by atoms with Gasteiger partial charge in [0.05, 0.1) is 11.1 Å². The number of hydrogen-bond acceptors (Lipinski definition) is 3. The maximum absolute atomic E-state index is 13.1. The van der Waals surface area contributed by atoms with Crippen LogP contribution in [0.4, 0.5) is 14.5 Å². The molecule has 104 valence electrons. The highest BCUT2D eigenvalue weighted by Gasteiger charge is 2.36. The maximum atomic E-state index is 13.1. The molecule has 1 heterocycles. The summed E-state index contributed by atoms with van der Waals surface area (Å²) < 4.78 is 27.4. The van der Waals surface area contributed by atoms with Crippen molar-refractivity contribution >= 4 is 5.69 Å². The third-order valence-electron chi connectivity index (χ3n) is 3.50. The van der Waals surface area contributed by atoms with Gasteiger partial charge in [-0.1, -0.05) is 0 Å². The number of aromatic nitrogens is 1. The smallest absolute Gasteiger partial charge is 0.286 e. The van der Waals surface area contributed by atoms with E-state index in [1.807, 2.05) is 0 Å². The van der Waals surface area contributed by atoms with Crippen molar-refractivity contribution < 1.29 is 13.7 Å². The summed E-state index contributed by atoms with van der Waals surface area (Å²) in [5.74, 6) is -2.68. The van der Waals surface area contributed by atoms with E-state index >= 15 is 0 Å². The van der Waals surface area contributed by atoms with Crippen LogP contribution in [-0.2, 0) is 0 Å². The van der Waals surface area contributed by atoms with Crippen LogP contribution in [0.5, 0.6) is 0 Å². The largest absolute Gasteiger partial charge is 0.305 e. The third kappa shape index (κ3) is 2.80. The highest BCUT2D eigenvalue weighted by atomic mass is 19.3. The fourth-order valence-corrected chi connectivity index (χ4v) is 2.40. The van der Waals surface area contributed by atoms with Gasteiger partial charge in [0.1, 0.15) is 0 Å². The molecule has 0 unspecified atom stereocenters. The minimum atomic E-state index is -2.68. The summed E-state index contributed by atoms with van der Waals surface area (Å²) in [5, 5.41) is 10.8. The molecule has 7 heteroatoms. The molecule has 0 N–H and O–H groups in total. The normalized spacial score (nSPS) is 19.3. The average molecular weight is 272 g/mol. The monoisotopic (exact) mass is 272 g/mol. The van der Waals surface area contributed by atoms with Gasteiger partial charge in [-0.2, -0.15) is 0 Å². The second kappa shape index (κ2) is 4.71. The molecule has 0 saturated heterocycles. The lowest BCUT2D eigenvalue weighted by molar-refractivity contribution is -0.385. The molecule has 2 rings (SSSR count). The highest BCUT2D eigenvalue weighted by molar-refractivity contribution is 5.30. The van der Waals surface area contributed by atoms with Crippen molar-refractivity contribution in [3.63, 3.8) is 0 Å². The summed E-state index contributed by atoms with van der Waals surface area (Å²) >= 11 is 0. The molecular weight excluding hydrogens is 258 g/mol. The zero-order chi connectivity index (χ0) is 14.2. The number of rotatable bonds is 2. The second-order valence-corrected chi connectivity index (χ2v) is 4.94. The van der Waals surface area contributed by atoms with Gasteiger partial charge in [-0.25, -0.2) is 8.78 Å². The number of hydrogen-bond donors (Lipinski definition) is 0. The van der Waals surface area contributed by atoms with Crippen LogP contribution in [0.3, 0.4) is 0 Å². The van der Waals surface area contributed by atoms with Crippen LogP contribution in [-0.4, -0.2) is 15.4 Å². The van der Waals surface area contributed by atoms with E-state index in [-0.39, 0.29) is 48.5 Å². The van der Waals surface area contributed by atoms with Gasteiger partial charge in [0.15, 0.2) is 0 Å². The topological polar surface area (TPSA) is 65.1 Å². The Labute approximate surface area is 108 Å². The number of pyridine rings is 1. The highest BCUT2D eigenvalue weighted by Crippen LogP contribution is 2.38. The van der Waals surface area contributed by atoms with Gasteiger partial charge < -0.3 is 4.57 Å². The number of nitrogens with zero attached hydrogens (tertiary/aromatic N) is 2. The maximum Gasteiger partial charge on any atom is 0.286 e. The van der Waals surface area contributed by atoms with E-state index in [0.29, 0.717) is 0 Å². The lowest BCUT2D eigenvalue weighted by atomic mass is 9.92. The number of aryl methyl sites for hydroxylation is 1. The van der Waals surface area contributed by atoms with E-state index in [1.54, 1.807) is 0 Å². The first-order valence-corrected chi connectivity index (χ1v) is 6.05. The molecule has 0 aliphatic heterocycles. The minimum Gasteiger partial charge on any atom is -0.305 e. The molecule has 0 amide bonds. The van der Waals surface area contributed by atoms with Crippen molar-refractivity contribution in [3.8, 4) is 0 Å². The molecule has 0 radical (unpaired) electrons. The van der Waals surface area contributed by atoms with Gasteiger partial charge in [0, 0.05) is 30.5 Å². The lowest BCUT2D eigenvalue weighted by Gasteiger charge is -2.29. The van der Waals surface area contributed by atoms with Crippen LogP contribution in [0.25, 0.3) is 0 Å². The number of nitro groups is 1. The van der Waals surface area contributed by atoms with Crippen molar-refractivity contribution in [3.05, 3.63) is 38.3 Å². The first kappa shape index (κ1) is 13.6. The molecule has 0 aromatic carbocycles. The second-order valence-electron chi connectivity index (χ2n) is 4.94. The zero-order valence-corrected chi connectivity index (χ0v) is 10.4. The zero-order valence-electron chi connectivity index (χ0n) is 10.4. The Hall–Kier alpha value is -1.79. The molecule has 19 heavy (non-hydrogen) atoms. The van der Waals surface area contributed by atoms with E-state index < -0.39 is 10.8 Å². The van der Waals surface area contributed by atoms with Gasteiger partial charge >= 0.3 is 0 Å². The van der Waals surface area contributed by atoms with Crippen LogP contribution in [0.1, 0.15) is 37.3 Å². The van der Waals surface area contributed by atoms with Crippen LogP contribution >= 0.6 is 0 Å². The van der Waals surface area contributed by atoms with Gasteiger partial charge in [-0.05, 0) is 19.8 Å². The van der Waals surface area contributed by atoms with Gasteiger partial charge in [0.2, 0.25) is 5.92 Å². The summed E-state index contributed by atoms with van der Waals surface area (Å²) in [6.07, 6.45) is 0.905. The Morgan fingerprint density at radius 3 is 2.53 bits per heavy atom. The van der Waals surface area contributed by atoms with E-state index in [4.69, 9.17) is 0 Å². The Morgan fingerprint density at radius 1 is 1.42 bits per heavy atom. The van der Waals surface area contributed by atoms with Crippen LogP contribution < -0.4 is 5.56 Å². The van der Waals surface area contributed by atoms with E-state index in [2.05, 4.69) is 0 Å². The predicted octanol–water partition coefficient (Wildman–Crippen LogP) is 2.82. The fraction of sp³-hybridized carbons (Fsp3) is 0.583. The van der Waals surface area contributed by atoms with E-state index in [9.17, 15) is 23.7 Å². The predicted molar refractivity (Wildman–Crippen MR) is 64.5 cm³/mol. The summed E-state index contributed by atoms with van der Waals surface area (Å²) in [7, 11) is 0. The average Bonchev–Trinajstić information content (AvgIpc) is 2.32. The Bertz CT molecular complexity index is 559. The third-order valence-corrected chi connectivity index (χ3v) is 3.50. The van der Waals surface area contributed by atoms with Crippen molar-refractivity contribution in [2.75, 3.05) is 0 Å². The standard InChI is InChI=1S/C12H14F2N2O3/c1-8-6-10(16(18)19)7-15(11(8)17)9-2-4-12(13,14)5-3-9/h6-7,9H,2-5H2,1H3. The van der Waals surface area contributed by atoms with Gasteiger partial charge in [0.25, 0.3) is 11.2 Å². The van der Waals surface area contributed by atoms with Crippen molar-refractivity contribution in [2.45, 2.75) is 44.6 Å². The lowest BCUT2D eigenvalue weighted by Crippen LogP contribution is -2.32. The first-order chi connectivity index (χ1) is 8.80. The summed E-state index contributed by atoms with van der Waals surface area (Å²) in [6, 6.07) is 0.821. The Balaban J connectivity index is 2.35. The number of alkyl halides is 2. The van der Waals surface area contributed by atoms with E-state index in [0.717, 1.165) is 6.20 Å². The summed E-state index contributed by atoms with van der Waals surface area (Å²) in [6.45, 7) is 1.49. The SMILES string of the molecule is Cc1cc([N+](=O)[O-])cn(C2CCC(F)(F)CC2)c1=O. The van der Waals surface area contributed by atoms with Crippen LogP contribution in [0, 0.1) is 17.0 Å². The molecular formula is C12H14F2N2O3. The molecule has 1 aromatic rings. The molecule has 1 fully saturated rings. The minimum absolute atomic E-state index is 0.160. The van der Waals surface area contributed by atoms with Crippen molar-refractivity contribution in [2.24, 2.45) is 0 Å². The molecule has 0 bridgehead atoms. The van der Waals surface area contributed by atoms with Crippen molar-refractivity contribution in [1.29, 1.82) is 0 Å². The Morgan fingerprint density at radius 2 is 2.00 bits per heavy atom. The van der Waals surface area contributed by atoms with Crippen LogP contribution in [0.15, 0.2) is 17.1 Å². The molecule has 5 nitrogen and oxygen atoms in total. The van der Waals surface area contributed by atoms with Gasteiger partial charge in [-0.15, -0.1) is 0 Å². The first-order valence-electron chi connectivity index (χ1n) is 6.05. The fourth-order valence-electron chi connectivity index (χ4n) is 2.40. The summed E-state index contributed by atoms with van der Waals surface area (Å²) in [4.78, 5) is 22.1. The van der Waals surface area contributed by atoms with Crippen molar-refractivity contribution in [1.82, 2.24) is 4.57 Å². The molecule has 1 aromatic heterocycles.